The molecule has 0 aliphatic rings. The van der Waals surface area contributed by atoms with Gasteiger partial charge < -0.3 is 0 Å². The Hall–Kier alpha value is -0.910. The summed E-state index contributed by atoms with van der Waals surface area (Å²) in [5, 5.41) is 17.3. The van der Waals surface area contributed by atoms with Crippen molar-refractivity contribution in [1.82, 2.24) is 0 Å². The minimum atomic E-state index is -0.665. The van der Waals surface area contributed by atoms with Crippen LogP contribution in [0.5, 0.6) is 0 Å². The van der Waals surface area contributed by atoms with Crippen LogP contribution in [-0.2, 0) is 0 Å². The van der Waals surface area contributed by atoms with Crippen LogP contribution >= 0.6 is 0 Å². The molecule has 3 heteroatoms. The van der Waals surface area contributed by atoms with E-state index in [0.717, 1.165) is 6.42 Å². The van der Waals surface area contributed by atoms with Crippen LogP contribution in [0.3, 0.4) is 0 Å². The maximum absolute atomic E-state index is 9.03. The van der Waals surface area contributed by atoms with Crippen molar-refractivity contribution in [2.24, 2.45) is 16.1 Å². The van der Waals surface area contributed by atoms with Gasteiger partial charge in [0.05, 0.1) is 11.6 Å². The molecule has 0 aromatic carbocycles. The fourth-order valence-corrected chi connectivity index (χ4v) is 1.16. The number of hydrogen-bond acceptors (Lipinski definition) is 3. The molecule has 0 aromatic rings. The molecule has 0 spiro atoms. The smallest absolute Gasteiger partial charge is 0.164 e. The lowest BCUT2D eigenvalue weighted by Crippen LogP contribution is -2.23. The van der Waals surface area contributed by atoms with Crippen molar-refractivity contribution in [2.75, 3.05) is 0 Å². The van der Waals surface area contributed by atoms with E-state index >= 15 is 0 Å². The number of nitriles is 1. The van der Waals surface area contributed by atoms with Crippen molar-refractivity contribution in [3.63, 3.8) is 0 Å². The van der Waals surface area contributed by atoms with Crippen molar-refractivity contribution >= 4 is 0 Å². The lowest BCUT2D eigenvalue weighted by Gasteiger charge is -2.19. The van der Waals surface area contributed by atoms with Crippen LogP contribution < -0.4 is 0 Å². The van der Waals surface area contributed by atoms with Gasteiger partial charge in [0.1, 0.15) is 0 Å². The minimum absolute atomic E-state index is 0.199. The standard InChI is InChI=1S/C11H21N3/c1-9(2)7-11(6,8-12)14-13-10(3,4)5/h9H,7H2,1-6H3. The van der Waals surface area contributed by atoms with Crippen LogP contribution in [0, 0.1) is 17.2 Å². The molecule has 0 N–H and O–H groups in total. The van der Waals surface area contributed by atoms with Crippen molar-refractivity contribution < 1.29 is 0 Å². The Kier molecular flexibility index (Phi) is 4.25. The Morgan fingerprint density at radius 1 is 1.14 bits per heavy atom. The highest BCUT2D eigenvalue weighted by Gasteiger charge is 2.25. The van der Waals surface area contributed by atoms with E-state index in [9.17, 15) is 0 Å². The minimum Gasteiger partial charge on any atom is -0.196 e. The van der Waals surface area contributed by atoms with Gasteiger partial charge >= 0.3 is 0 Å². The summed E-state index contributed by atoms with van der Waals surface area (Å²) in [5.41, 5.74) is -0.865. The van der Waals surface area contributed by atoms with Crippen molar-refractivity contribution in [2.45, 2.75) is 59.0 Å². The highest BCUT2D eigenvalue weighted by Crippen LogP contribution is 2.22. The Labute approximate surface area is 87.2 Å². The molecule has 0 aliphatic heterocycles. The van der Waals surface area contributed by atoms with Crippen molar-refractivity contribution in [3.05, 3.63) is 0 Å². The largest absolute Gasteiger partial charge is 0.196 e. The van der Waals surface area contributed by atoms with E-state index in [1.807, 2.05) is 27.7 Å². The predicted molar refractivity (Wildman–Crippen MR) is 58.1 cm³/mol. The van der Waals surface area contributed by atoms with Gasteiger partial charge in [-0.05, 0) is 40.0 Å². The second kappa shape index (κ2) is 4.54. The number of azo groups is 1. The molecule has 0 rings (SSSR count). The summed E-state index contributed by atoms with van der Waals surface area (Å²) in [6.45, 7) is 11.9. The van der Waals surface area contributed by atoms with Crippen LogP contribution in [0.2, 0.25) is 0 Å². The lowest BCUT2D eigenvalue weighted by atomic mass is 9.93. The van der Waals surface area contributed by atoms with E-state index in [1.165, 1.54) is 0 Å². The summed E-state index contributed by atoms with van der Waals surface area (Å²) in [7, 11) is 0. The van der Waals surface area contributed by atoms with Gasteiger partial charge in [0.25, 0.3) is 0 Å². The molecule has 0 radical (unpaired) electrons. The molecule has 80 valence electrons. The molecule has 0 aliphatic carbocycles. The maximum atomic E-state index is 9.03. The van der Waals surface area contributed by atoms with E-state index < -0.39 is 5.54 Å². The van der Waals surface area contributed by atoms with E-state index in [1.54, 1.807) is 0 Å². The molecule has 1 atom stereocenters. The zero-order valence-electron chi connectivity index (χ0n) is 10.1. The third-order valence-electron chi connectivity index (χ3n) is 1.62. The van der Waals surface area contributed by atoms with Gasteiger partial charge in [0, 0.05) is 0 Å². The zero-order valence-corrected chi connectivity index (χ0v) is 10.1. The van der Waals surface area contributed by atoms with E-state index in [0.29, 0.717) is 5.92 Å². The summed E-state index contributed by atoms with van der Waals surface area (Å²) in [6.07, 6.45) is 0.753. The Bertz CT molecular complexity index is 242. The number of rotatable bonds is 3. The Morgan fingerprint density at radius 3 is 1.93 bits per heavy atom. The molecular formula is C11H21N3. The summed E-state index contributed by atoms with van der Waals surface area (Å²) in [5.74, 6) is 0.457. The highest BCUT2D eigenvalue weighted by atomic mass is 15.2. The van der Waals surface area contributed by atoms with Gasteiger partial charge in [-0.15, -0.1) is 0 Å². The van der Waals surface area contributed by atoms with Gasteiger partial charge in [0.2, 0.25) is 0 Å². The van der Waals surface area contributed by atoms with Crippen LogP contribution in [0.4, 0.5) is 0 Å². The zero-order chi connectivity index (χ0) is 11.4. The second-order valence-corrected chi connectivity index (χ2v) is 5.35. The molecule has 0 saturated heterocycles. The summed E-state index contributed by atoms with van der Waals surface area (Å²) in [6, 6.07) is 2.22. The molecule has 0 fully saturated rings. The van der Waals surface area contributed by atoms with Gasteiger partial charge in [-0.1, -0.05) is 13.8 Å². The predicted octanol–water partition coefficient (Wildman–Crippen LogP) is 3.57. The van der Waals surface area contributed by atoms with Gasteiger partial charge in [-0.3, -0.25) is 0 Å². The SMILES string of the molecule is CC(C)CC(C)(C#N)N=NC(C)(C)C. The van der Waals surface area contributed by atoms with Crippen molar-refractivity contribution in [1.29, 1.82) is 5.26 Å². The quantitative estimate of drug-likeness (QED) is 0.635. The topological polar surface area (TPSA) is 48.5 Å². The molecule has 3 nitrogen and oxygen atoms in total. The molecule has 1 unspecified atom stereocenters. The number of nitrogens with zero attached hydrogens (tertiary/aromatic N) is 3. The number of hydrogen-bond donors (Lipinski definition) is 0. The monoisotopic (exact) mass is 195 g/mol. The van der Waals surface area contributed by atoms with E-state index in [4.69, 9.17) is 5.26 Å². The first-order chi connectivity index (χ1) is 6.18. The molecular weight excluding hydrogens is 174 g/mol. The Morgan fingerprint density at radius 2 is 1.64 bits per heavy atom. The summed E-state index contributed by atoms with van der Waals surface area (Å²) < 4.78 is 0. The first-order valence-electron chi connectivity index (χ1n) is 5.04. The molecule has 0 heterocycles. The molecule has 14 heavy (non-hydrogen) atoms. The van der Waals surface area contributed by atoms with Crippen LogP contribution in [0.25, 0.3) is 0 Å². The summed E-state index contributed by atoms with van der Waals surface area (Å²) in [4.78, 5) is 0. The normalized spacial score (nSPS) is 17.0. The van der Waals surface area contributed by atoms with Gasteiger partial charge in [-0.25, -0.2) is 0 Å². The first kappa shape index (κ1) is 13.1. The fourth-order valence-electron chi connectivity index (χ4n) is 1.16. The Balaban J connectivity index is 4.58. The highest BCUT2D eigenvalue weighted by molar-refractivity contribution is 5.03. The average Bonchev–Trinajstić information content (AvgIpc) is 1.99. The van der Waals surface area contributed by atoms with Gasteiger partial charge in [-0.2, -0.15) is 15.5 Å². The first-order valence-corrected chi connectivity index (χ1v) is 5.04. The average molecular weight is 195 g/mol. The van der Waals surface area contributed by atoms with Gasteiger partial charge in [0.15, 0.2) is 5.54 Å². The third kappa shape index (κ3) is 5.69. The second-order valence-electron chi connectivity index (χ2n) is 5.35. The van der Waals surface area contributed by atoms with E-state index in [-0.39, 0.29) is 5.54 Å². The van der Waals surface area contributed by atoms with Crippen LogP contribution in [0.1, 0.15) is 48.0 Å². The maximum Gasteiger partial charge on any atom is 0.164 e. The van der Waals surface area contributed by atoms with Crippen molar-refractivity contribution in [3.8, 4) is 6.07 Å². The fraction of sp³-hybridized carbons (Fsp3) is 0.909. The lowest BCUT2D eigenvalue weighted by molar-refractivity contribution is 0.407. The van der Waals surface area contributed by atoms with Crippen LogP contribution in [0.15, 0.2) is 10.2 Å². The molecule has 0 amide bonds. The molecule has 0 aromatic heterocycles. The molecule has 0 bridgehead atoms. The van der Waals surface area contributed by atoms with E-state index in [2.05, 4.69) is 30.1 Å². The molecule has 0 saturated carbocycles. The third-order valence-corrected chi connectivity index (χ3v) is 1.62. The summed E-state index contributed by atoms with van der Waals surface area (Å²) >= 11 is 0. The van der Waals surface area contributed by atoms with Crippen LogP contribution in [-0.4, -0.2) is 11.1 Å².